The fourth-order valence-corrected chi connectivity index (χ4v) is 4.64. The summed E-state index contributed by atoms with van der Waals surface area (Å²) in [6.07, 6.45) is 9.37. The molecule has 9 nitrogen and oxygen atoms in total. The van der Waals surface area contributed by atoms with Gasteiger partial charge in [-0.15, -0.1) is 0 Å². The Morgan fingerprint density at radius 3 is 2.83 bits per heavy atom. The number of hydrogen-bond donors (Lipinski definition) is 3. The van der Waals surface area contributed by atoms with E-state index in [4.69, 9.17) is 14.6 Å². The Morgan fingerprint density at radius 2 is 2.10 bits per heavy atom. The molecule has 0 aromatic carbocycles. The number of pyridine rings is 1. The SMILES string of the molecule is CCn1ncc2c(NC3CCOCC3)c(C3=CC4(CC(NC(C)=O)C4)ON3)cnc21. The summed E-state index contributed by atoms with van der Waals surface area (Å²) < 4.78 is 7.43. The molecule has 0 unspecified atom stereocenters. The van der Waals surface area contributed by atoms with E-state index < -0.39 is 0 Å². The van der Waals surface area contributed by atoms with Gasteiger partial charge in [0.15, 0.2) is 5.65 Å². The minimum absolute atomic E-state index is 0.00413. The molecule has 2 aliphatic heterocycles. The molecule has 1 saturated heterocycles. The Labute approximate surface area is 175 Å². The van der Waals surface area contributed by atoms with Crippen LogP contribution in [0.5, 0.6) is 0 Å². The fourth-order valence-electron chi connectivity index (χ4n) is 4.64. The molecule has 9 heteroatoms. The molecule has 1 saturated carbocycles. The van der Waals surface area contributed by atoms with Crippen molar-refractivity contribution in [3.63, 3.8) is 0 Å². The second-order valence-corrected chi connectivity index (χ2v) is 8.41. The van der Waals surface area contributed by atoms with E-state index in [1.165, 1.54) is 0 Å². The number of amides is 1. The van der Waals surface area contributed by atoms with E-state index >= 15 is 0 Å². The van der Waals surface area contributed by atoms with Crippen LogP contribution in [0.25, 0.3) is 16.7 Å². The Balaban J connectivity index is 1.47. The summed E-state index contributed by atoms with van der Waals surface area (Å²) in [5.41, 5.74) is 6.53. The average molecular weight is 412 g/mol. The van der Waals surface area contributed by atoms with E-state index in [-0.39, 0.29) is 17.6 Å². The number of fused-ring (bicyclic) bond motifs is 1. The molecule has 3 aliphatic rings. The summed E-state index contributed by atoms with van der Waals surface area (Å²) in [6, 6.07) is 0.501. The van der Waals surface area contributed by atoms with Crippen molar-refractivity contribution in [2.75, 3.05) is 18.5 Å². The van der Waals surface area contributed by atoms with E-state index in [0.29, 0.717) is 6.04 Å². The Bertz CT molecular complexity index is 988. The predicted octanol–water partition coefficient (Wildman–Crippen LogP) is 1.96. The van der Waals surface area contributed by atoms with Crippen molar-refractivity contribution < 1.29 is 14.4 Å². The monoisotopic (exact) mass is 412 g/mol. The minimum atomic E-state index is -0.374. The molecule has 3 N–H and O–H groups in total. The van der Waals surface area contributed by atoms with E-state index in [9.17, 15) is 4.79 Å². The third-order valence-electron chi connectivity index (χ3n) is 6.19. The molecule has 5 rings (SSSR count). The van der Waals surface area contributed by atoms with Crippen molar-refractivity contribution in [2.24, 2.45) is 0 Å². The molecule has 0 bridgehead atoms. The van der Waals surface area contributed by atoms with E-state index in [1.807, 2.05) is 17.1 Å². The Hall–Kier alpha value is -2.65. The van der Waals surface area contributed by atoms with Gasteiger partial charge in [-0.05, 0) is 25.8 Å². The molecule has 30 heavy (non-hydrogen) atoms. The number of aromatic nitrogens is 3. The lowest BCUT2D eigenvalue weighted by molar-refractivity contribution is -0.126. The number of hydrogen-bond acceptors (Lipinski definition) is 7. The zero-order valence-corrected chi connectivity index (χ0v) is 17.4. The Morgan fingerprint density at radius 1 is 1.30 bits per heavy atom. The maximum atomic E-state index is 11.3. The molecule has 2 aromatic heterocycles. The van der Waals surface area contributed by atoms with Crippen LogP contribution in [-0.2, 0) is 20.9 Å². The van der Waals surface area contributed by atoms with Crippen LogP contribution >= 0.6 is 0 Å². The molecule has 0 atom stereocenters. The van der Waals surface area contributed by atoms with Crippen LogP contribution in [0.2, 0.25) is 0 Å². The van der Waals surface area contributed by atoms with E-state index in [0.717, 1.165) is 73.4 Å². The maximum Gasteiger partial charge on any atom is 0.217 e. The third kappa shape index (κ3) is 3.41. The highest BCUT2D eigenvalue weighted by Gasteiger charge is 2.48. The number of hydroxylamine groups is 1. The largest absolute Gasteiger partial charge is 0.381 e. The second kappa shape index (κ2) is 7.55. The van der Waals surface area contributed by atoms with Gasteiger partial charge in [-0.2, -0.15) is 5.10 Å². The van der Waals surface area contributed by atoms with Crippen molar-refractivity contribution in [2.45, 2.75) is 63.8 Å². The minimum Gasteiger partial charge on any atom is -0.381 e. The Kier molecular flexibility index (Phi) is 4.86. The predicted molar refractivity (Wildman–Crippen MR) is 112 cm³/mol. The van der Waals surface area contributed by atoms with Gasteiger partial charge in [0.1, 0.15) is 5.60 Å². The van der Waals surface area contributed by atoms with E-state index in [2.05, 4.69) is 34.2 Å². The molecule has 4 heterocycles. The number of carbonyl (C=O) groups excluding carboxylic acids is 1. The van der Waals surface area contributed by atoms with Crippen LogP contribution in [0, 0.1) is 0 Å². The molecule has 2 fully saturated rings. The van der Waals surface area contributed by atoms with Gasteiger partial charge in [-0.3, -0.25) is 15.1 Å². The first-order chi connectivity index (χ1) is 14.6. The number of rotatable bonds is 5. The third-order valence-corrected chi connectivity index (χ3v) is 6.19. The van der Waals surface area contributed by atoms with Crippen LogP contribution in [-0.4, -0.2) is 51.6 Å². The zero-order chi connectivity index (χ0) is 20.7. The number of anilines is 1. The number of aryl methyl sites for hydroxylation is 1. The van der Waals surface area contributed by atoms with Gasteiger partial charge in [-0.25, -0.2) is 9.67 Å². The fraction of sp³-hybridized carbons (Fsp3) is 0.571. The lowest BCUT2D eigenvalue weighted by Gasteiger charge is -2.41. The topological polar surface area (TPSA) is 102 Å². The first-order valence-electron chi connectivity index (χ1n) is 10.7. The highest BCUT2D eigenvalue weighted by molar-refractivity contribution is 5.95. The normalized spacial score (nSPS) is 26.3. The van der Waals surface area contributed by atoms with Gasteiger partial charge < -0.3 is 15.4 Å². The molecule has 1 amide bonds. The van der Waals surface area contributed by atoms with Gasteiger partial charge in [-0.1, -0.05) is 0 Å². The lowest BCUT2D eigenvalue weighted by Crippen LogP contribution is -2.54. The van der Waals surface area contributed by atoms with Crippen molar-refractivity contribution in [3.05, 3.63) is 24.0 Å². The summed E-state index contributed by atoms with van der Waals surface area (Å²) >= 11 is 0. The van der Waals surface area contributed by atoms with Gasteiger partial charge in [0.05, 0.1) is 23.0 Å². The summed E-state index contributed by atoms with van der Waals surface area (Å²) in [4.78, 5) is 22.0. The van der Waals surface area contributed by atoms with Gasteiger partial charge in [0, 0.05) is 63.4 Å². The summed E-state index contributed by atoms with van der Waals surface area (Å²) in [5, 5.41) is 12.2. The smallest absolute Gasteiger partial charge is 0.217 e. The molecule has 2 aromatic rings. The molecule has 1 aliphatic carbocycles. The number of carbonyl (C=O) groups is 1. The highest BCUT2D eigenvalue weighted by Crippen LogP contribution is 2.43. The second-order valence-electron chi connectivity index (χ2n) is 8.41. The van der Waals surface area contributed by atoms with Gasteiger partial charge >= 0.3 is 0 Å². The summed E-state index contributed by atoms with van der Waals surface area (Å²) in [5.74, 6) is -0.00413. The van der Waals surface area contributed by atoms with Gasteiger partial charge in [0.25, 0.3) is 0 Å². The maximum absolute atomic E-state index is 11.3. The van der Waals surface area contributed by atoms with Crippen molar-refractivity contribution in [3.8, 4) is 0 Å². The van der Waals surface area contributed by atoms with Crippen molar-refractivity contribution in [1.29, 1.82) is 0 Å². The van der Waals surface area contributed by atoms with Crippen molar-refractivity contribution in [1.82, 2.24) is 25.6 Å². The first kappa shape index (κ1) is 19.3. The van der Waals surface area contributed by atoms with Crippen LogP contribution < -0.4 is 16.1 Å². The van der Waals surface area contributed by atoms with Crippen LogP contribution in [0.3, 0.4) is 0 Å². The number of nitrogens with one attached hydrogen (secondary N) is 3. The molecular weight excluding hydrogens is 384 g/mol. The standard InChI is InChI=1S/C21H28N6O3/c1-3-27-20-17(12-23-27)19(25-14-4-6-29-7-5-14)16(11-22-20)18-10-21(30-26-18)8-15(9-21)24-13(2)28/h10-12,14-15,26H,3-9H2,1-2H3,(H,22,25)(H,24,28). The lowest BCUT2D eigenvalue weighted by atomic mass is 9.75. The average Bonchev–Trinajstić information content (AvgIpc) is 3.33. The van der Waals surface area contributed by atoms with Gasteiger partial charge in [0.2, 0.25) is 5.91 Å². The first-order valence-corrected chi connectivity index (χ1v) is 10.7. The van der Waals surface area contributed by atoms with Crippen LogP contribution in [0.15, 0.2) is 18.5 Å². The number of nitrogens with zero attached hydrogens (tertiary/aromatic N) is 3. The van der Waals surface area contributed by atoms with Crippen LogP contribution in [0.1, 0.15) is 45.1 Å². The molecule has 160 valence electrons. The molecule has 0 radical (unpaired) electrons. The van der Waals surface area contributed by atoms with Crippen LogP contribution in [0.4, 0.5) is 5.69 Å². The van der Waals surface area contributed by atoms with E-state index in [1.54, 1.807) is 6.92 Å². The van der Waals surface area contributed by atoms with Crippen molar-refractivity contribution >= 4 is 28.3 Å². The summed E-state index contributed by atoms with van der Waals surface area (Å²) in [6.45, 7) is 5.92. The highest BCUT2D eigenvalue weighted by atomic mass is 16.7. The molecular formula is C21H28N6O3. The zero-order valence-electron chi connectivity index (χ0n) is 17.4. The summed E-state index contributed by atoms with van der Waals surface area (Å²) in [7, 11) is 0. The molecule has 1 spiro atoms. The number of ether oxygens (including phenoxy) is 1. The quantitative estimate of drug-likeness (QED) is 0.690.